The molecule has 0 saturated carbocycles. The lowest BCUT2D eigenvalue weighted by Gasteiger charge is -2.26. The van der Waals surface area contributed by atoms with Crippen LogP contribution in [-0.2, 0) is 21.7 Å². The molecule has 142 valence electrons. The first-order valence-corrected chi connectivity index (χ1v) is 11.2. The molecule has 1 atom stereocenters. The summed E-state index contributed by atoms with van der Waals surface area (Å²) in [5.74, 6) is 1.77. The van der Waals surface area contributed by atoms with E-state index in [1.54, 1.807) is 11.2 Å². The fourth-order valence-electron chi connectivity index (χ4n) is 3.16. The summed E-state index contributed by atoms with van der Waals surface area (Å²) in [5, 5.41) is 8.97. The van der Waals surface area contributed by atoms with Gasteiger partial charge in [0.25, 0.3) is 0 Å². The Morgan fingerprint density at radius 2 is 2.23 bits per heavy atom. The van der Waals surface area contributed by atoms with Crippen LogP contribution in [0.4, 0.5) is 0 Å². The summed E-state index contributed by atoms with van der Waals surface area (Å²) >= 11 is 1.30. The summed E-state index contributed by atoms with van der Waals surface area (Å²) in [5.41, 5.74) is 0.865. The number of aromatic nitrogens is 3. The average molecular weight is 399 g/mol. The van der Waals surface area contributed by atoms with Crippen molar-refractivity contribution in [2.45, 2.75) is 31.5 Å². The molecule has 0 unspecified atom stereocenters. The summed E-state index contributed by atoms with van der Waals surface area (Å²) in [6.07, 6.45) is 2.12. The molecule has 0 bridgehead atoms. The van der Waals surface area contributed by atoms with Crippen LogP contribution in [0.1, 0.15) is 19.1 Å². The molecule has 1 aliphatic rings. The van der Waals surface area contributed by atoms with E-state index in [9.17, 15) is 13.2 Å². The van der Waals surface area contributed by atoms with Crippen molar-refractivity contribution in [3.8, 4) is 11.4 Å². The number of thioether (sulfide) groups is 1. The van der Waals surface area contributed by atoms with Gasteiger partial charge in [0.15, 0.2) is 20.8 Å². The van der Waals surface area contributed by atoms with Gasteiger partial charge in [0, 0.05) is 19.6 Å². The van der Waals surface area contributed by atoms with Crippen LogP contribution in [0.5, 0.6) is 0 Å². The maximum absolute atomic E-state index is 12.6. The standard InChI is InChI=1S/C16H22N4O4S2/c1-4-20(12-6-8-26(22,23)10-12)14(21)9-25-16-18-17-15(19(16)3)13-5-7-24-11(13)2/h5,7,12H,4,6,8-10H2,1-3H3/t12-/m1/s1. The van der Waals surface area contributed by atoms with E-state index in [0.29, 0.717) is 23.9 Å². The molecule has 1 fully saturated rings. The minimum absolute atomic E-state index is 0.0606. The smallest absolute Gasteiger partial charge is 0.233 e. The third-order valence-corrected chi connectivity index (χ3v) is 7.32. The number of rotatable bonds is 6. The van der Waals surface area contributed by atoms with Crippen LogP contribution in [0.15, 0.2) is 21.9 Å². The van der Waals surface area contributed by atoms with E-state index in [-0.39, 0.29) is 29.2 Å². The molecule has 2 aromatic heterocycles. The maximum Gasteiger partial charge on any atom is 0.233 e. The van der Waals surface area contributed by atoms with Crippen molar-refractivity contribution in [3.05, 3.63) is 18.1 Å². The highest BCUT2D eigenvalue weighted by Crippen LogP contribution is 2.26. The van der Waals surface area contributed by atoms with Gasteiger partial charge < -0.3 is 13.9 Å². The predicted molar refractivity (Wildman–Crippen MR) is 98.6 cm³/mol. The summed E-state index contributed by atoms with van der Waals surface area (Å²) < 4.78 is 30.5. The molecular formula is C16H22N4O4S2. The van der Waals surface area contributed by atoms with Crippen molar-refractivity contribution in [2.24, 2.45) is 7.05 Å². The van der Waals surface area contributed by atoms with E-state index in [1.807, 2.05) is 31.5 Å². The third-order valence-electron chi connectivity index (χ3n) is 4.57. The molecular weight excluding hydrogens is 376 g/mol. The topological polar surface area (TPSA) is 98.3 Å². The first-order chi connectivity index (χ1) is 12.3. The van der Waals surface area contributed by atoms with Gasteiger partial charge in [0.2, 0.25) is 5.91 Å². The summed E-state index contributed by atoms with van der Waals surface area (Å²) in [6, 6.07) is 1.61. The van der Waals surface area contributed by atoms with Crippen LogP contribution in [-0.4, -0.2) is 63.8 Å². The van der Waals surface area contributed by atoms with Gasteiger partial charge in [-0.15, -0.1) is 10.2 Å². The lowest BCUT2D eigenvalue weighted by Crippen LogP contribution is -2.42. The largest absolute Gasteiger partial charge is 0.469 e. The average Bonchev–Trinajstić information content (AvgIpc) is 3.26. The first-order valence-electron chi connectivity index (χ1n) is 8.39. The van der Waals surface area contributed by atoms with Gasteiger partial charge in [0.1, 0.15) is 5.76 Å². The van der Waals surface area contributed by atoms with E-state index < -0.39 is 9.84 Å². The van der Waals surface area contributed by atoms with Gasteiger partial charge in [-0.2, -0.15) is 0 Å². The zero-order valence-electron chi connectivity index (χ0n) is 15.0. The molecule has 0 aromatic carbocycles. The van der Waals surface area contributed by atoms with Crippen molar-refractivity contribution in [1.29, 1.82) is 0 Å². The lowest BCUT2D eigenvalue weighted by molar-refractivity contribution is -0.129. The molecule has 0 N–H and O–H groups in total. The minimum atomic E-state index is -3.02. The SMILES string of the molecule is CCN(C(=O)CSc1nnc(-c2ccoc2C)n1C)[C@@H]1CCS(=O)(=O)C1. The Bertz CT molecular complexity index is 903. The van der Waals surface area contributed by atoms with Crippen LogP contribution in [0.2, 0.25) is 0 Å². The van der Waals surface area contributed by atoms with Gasteiger partial charge in [0.05, 0.1) is 29.1 Å². The van der Waals surface area contributed by atoms with Crippen LogP contribution >= 0.6 is 11.8 Å². The number of carbonyl (C=O) groups is 1. The van der Waals surface area contributed by atoms with Crippen LogP contribution in [0.3, 0.4) is 0 Å². The monoisotopic (exact) mass is 398 g/mol. The molecule has 2 aromatic rings. The fraction of sp³-hybridized carbons (Fsp3) is 0.562. The van der Waals surface area contributed by atoms with Crippen LogP contribution in [0.25, 0.3) is 11.4 Å². The van der Waals surface area contributed by atoms with E-state index in [4.69, 9.17) is 4.42 Å². The summed E-state index contributed by atoms with van der Waals surface area (Å²) in [7, 11) is -1.18. The number of furan rings is 1. The number of aryl methyl sites for hydroxylation is 1. The molecule has 1 saturated heterocycles. The molecule has 10 heteroatoms. The molecule has 1 amide bonds. The molecule has 0 radical (unpaired) electrons. The van der Waals surface area contributed by atoms with E-state index in [0.717, 1.165) is 11.3 Å². The minimum Gasteiger partial charge on any atom is -0.469 e. The molecule has 3 heterocycles. The zero-order valence-corrected chi connectivity index (χ0v) is 16.6. The quantitative estimate of drug-likeness (QED) is 0.680. The first kappa shape index (κ1) is 19.0. The molecule has 26 heavy (non-hydrogen) atoms. The van der Waals surface area contributed by atoms with Gasteiger partial charge in [-0.1, -0.05) is 11.8 Å². The molecule has 1 aliphatic heterocycles. The lowest BCUT2D eigenvalue weighted by atomic mass is 10.2. The van der Waals surface area contributed by atoms with Crippen LogP contribution < -0.4 is 0 Å². The Morgan fingerprint density at radius 1 is 1.46 bits per heavy atom. The third kappa shape index (κ3) is 3.80. The molecule has 0 spiro atoms. The highest BCUT2D eigenvalue weighted by molar-refractivity contribution is 7.99. The number of sulfone groups is 1. The summed E-state index contributed by atoms with van der Waals surface area (Å²) in [6.45, 7) is 4.22. The van der Waals surface area contributed by atoms with Crippen LogP contribution in [0, 0.1) is 6.92 Å². The Balaban J connectivity index is 1.66. The van der Waals surface area contributed by atoms with Gasteiger partial charge in [-0.3, -0.25) is 4.79 Å². The predicted octanol–water partition coefficient (Wildman–Crippen LogP) is 1.51. The number of amides is 1. The normalized spacial score (nSPS) is 19.0. The van der Waals surface area contributed by atoms with Gasteiger partial charge >= 0.3 is 0 Å². The number of nitrogens with zero attached hydrogens (tertiary/aromatic N) is 4. The molecule has 3 rings (SSSR count). The number of carbonyl (C=O) groups excluding carboxylic acids is 1. The van der Waals surface area contributed by atoms with Crippen molar-refractivity contribution >= 4 is 27.5 Å². The second-order valence-electron chi connectivity index (χ2n) is 6.28. The maximum atomic E-state index is 12.6. The Morgan fingerprint density at radius 3 is 2.81 bits per heavy atom. The second-order valence-corrected chi connectivity index (χ2v) is 9.45. The summed E-state index contributed by atoms with van der Waals surface area (Å²) in [4.78, 5) is 14.2. The second kappa shape index (κ2) is 7.43. The highest BCUT2D eigenvalue weighted by atomic mass is 32.2. The highest BCUT2D eigenvalue weighted by Gasteiger charge is 2.33. The van der Waals surface area contributed by atoms with E-state index in [2.05, 4.69) is 10.2 Å². The molecule has 0 aliphatic carbocycles. The van der Waals surface area contributed by atoms with Crippen molar-refractivity contribution in [1.82, 2.24) is 19.7 Å². The van der Waals surface area contributed by atoms with Gasteiger partial charge in [-0.25, -0.2) is 8.42 Å². The van der Waals surface area contributed by atoms with Crippen molar-refractivity contribution in [2.75, 3.05) is 23.8 Å². The number of hydrogen-bond donors (Lipinski definition) is 0. The van der Waals surface area contributed by atoms with Crippen molar-refractivity contribution < 1.29 is 17.6 Å². The fourth-order valence-corrected chi connectivity index (χ4v) is 5.69. The van der Waals surface area contributed by atoms with E-state index >= 15 is 0 Å². The number of hydrogen-bond acceptors (Lipinski definition) is 7. The Hall–Kier alpha value is -1.81. The zero-order chi connectivity index (χ0) is 18.9. The molecule has 8 nitrogen and oxygen atoms in total. The Labute approximate surface area is 156 Å². The van der Waals surface area contributed by atoms with Crippen molar-refractivity contribution in [3.63, 3.8) is 0 Å². The van der Waals surface area contributed by atoms with E-state index in [1.165, 1.54) is 11.8 Å². The van der Waals surface area contributed by atoms with Gasteiger partial charge in [-0.05, 0) is 26.3 Å². The Kier molecular flexibility index (Phi) is 5.42.